The van der Waals surface area contributed by atoms with Gasteiger partial charge in [-0.25, -0.2) is 14.6 Å². The summed E-state index contributed by atoms with van der Waals surface area (Å²) < 4.78 is 1.58. The maximum Gasteiger partial charge on any atom is 0.326 e. The summed E-state index contributed by atoms with van der Waals surface area (Å²) in [6.45, 7) is 2.04. The minimum absolute atomic E-state index is 0.338. The molecule has 1 aromatic rings. The molecule has 0 radical (unpaired) electrons. The van der Waals surface area contributed by atoms with Crippen LogP contribution in [0.5, 0.6) is 0 Å². The zero-order chi connectivity index (χ0) is 13.5. The minimum Gasteiger partial charge on any atom is -0.480 e. The molecule has 1 aromatic heterocycles. The van der Waals surface area contributed by atoms with Gasteiger partial charge in [0, 0.05) is 20.0 Å². The fourth-order valence-corrected chi connectivity index (χ4v) is 1.33. The molecule has 1 rings (SSSR count). The highest BCUT2D eigenvalue weighted by atomic mass is 16.4. The van der Waals surface area contributed by atoms with Crippen molar-refractivity contribution in [3.63, 3.8) is 0 Å². The van der Waals surface area contributed by atoms with Gasteiger partial charge in [0.2, 0.25) is 0 Å². The molecule has 0 aliphatic carbocycles. The number of carbonyl (C=O) groups excluding carboxylic acids is 1. The highest BCUT2D eigenvalue weighted by molar-refractivity contribution is 5.82. The number of aliphatic carboxylic acids is 1. The Morgan fingerprint density at radius 3 is 2.78 bits per heavy atom. The number of nitrogens with zero attached hydrogens (tertiary/aromatic N) is 3. The molecule has 100 valence electrons. The molecule has 0 saturated heterocycles. The first-order chi connectivity index (χ1) is 8.52. The van der Waals surface area contributed by atoms with Gasteiger partial charge in [-0.05, 0) is 6.42 Å². The van der Waals surface area contributed by atoms with Crippen LogP contribution in [0.3, 0.4) is 0 Å². The van der Waals surface area contributed by atoms with Gasteiger partial charge < -0.3 is 15.7 Å². The molecule has 1 atom stereocenters. The molecular weight excluding hydrogens is 238 g/mol. The fourth-order valence-electron chi connectivity index (χ4n) is 1.33. The summed E-state index contributed by atoms with van der Waals surface area (Å²) in [6, 6.07) is -1.36. The molecule has 0 bridgehead atoms. The Morgan fingerprint density at radius 1 is 1.56 bits per heavy atom. The van der Waals surface area contributed by atoms with Gasteiger partial charge in [0.05, 0.1) is 0 Å². The van der Waals surface area contributed by atoms with Gasteiger partial charge in [-0.15, -0.1) is 0 Å². The second-order valence-corrected chi connectivity index (χ2v) is 3.78. The summed E-state index contributed by atoms with van der Waals surface area (Å²) in [6.07, 6.45) is 2.41. The monoisotopic (exact) mass is 255 g/mol. The summed E-state index contributed by atoms with van der Waals surface area (Å²) in [7, 11) is 1.76. The Kier molecular flexibility index (Phi) is 5.09. The maximum absolute atomic E-state index is 11.4. The zero-order valence-corrected chi connectivity index (χ0v) is 10.4. The van der Waals surface area contributed by atoms with Crippen molar-refractivity contribution in [2.75, 3.05) is 6.54 Å². The molecule has 0 aliphatic heterocycles. The third kappa shape index (κ3) is 4.40. The summed E-state index contributed by atoms with van der Waals surface area (Å²) in [4.78, 5) is 26.1. The molecule has 0 unspecified atom stereocenters. The standard InChI is InChI=1S/C10H17N5O3/c1-3-7(9(16)17)13-10(18)11-5-4-8-12-6-15(2)14-8/h6-7H,3-5H2,1-2H3,(H,16,17)(H2,11,13,18)/t7-/m1/s1. The fraction of sp³-hybridized carbons (Fsp3) is 0.600. The van der Waals surface area contributed by atoms with Crippen LogP contribution < -0.4 is 10.6 Å². The molecule has 2 amide bonds. The first-order valence-electron chi connectivity index (χ1n) is 5.64. The highest BCUT2D eigenvalue weighted by Gasteiger charge is 2.16. The third-order valence-corrected chi connectivity index (χ3v) is 2.29. The lowest BCUT2D eigenvalue weighted by Crippen LogP contribution is -2.46. The average Bonchev–Trinajstić information content (AvgIpc) is 2.71. The lowest BCUT2D eigenvalue weighted by molar-refractivity contribution is -0.139. The van der Waals surface area contributed by atoms with Crippen LogP contribution in [0.2, 0.25) is 0 Å². The SMILES string of the molecule is CC[C@@H](NC(=O)NCCc1ncn(C)n1)C(=O)O. The van der Waals surface area contributed by atoms with Gasteiger partial charge in [-0.2, -0.15) is 5.10 Å². The van der Waals surface area contributed by atoms with Gasteiger partial charge in [0.25, 0.3) is 0 Å². The quantitative estimate of drug-likeness (QED) is 0.636. The predicted molar refractivity (Wildman–Crippen MR) is 63.0 cm³/mol. The summed E-state index contributed by atoms with van der Waals surface area (Å²) >= 11 is 0. The molecule has 0 fully saturated rings. The molecule has 0 aliphatic rings. The van der Waals surface area contributed by atoms with E-state index in [1.54, 1.807) is 25.0 Å². The van der Waals surface area contributed by atoms with Crippen LogP contribution in [0, 0.1) is 0 Å². The van der Waals surface area contributed by atoms with E-state index in [4.69, 9.17) is 5.11 Å². The van der Waals surface area contributed by atoms with Crippen molar-refractivity contribution in [3.8, 4) is 0 Å². The smallest absolute Gasteiger partial charge is 0.326 e. The van der Waals surface area contributed by atoms with Crippen LogP contribution >= 0.6 is 0 Å². The topological polar surface area (TPSA) is 109 Å². The van der Waals surface area contributed by atoms with Crippen molar-refractivity contribution in [2.24, 2.45) is 7.05 Å². The van der Waals surface area contributed by atoms with Gasteiger partial charge in [0.15, 0.2) is 5.82 Å². The van der Waals surface area contributed by atoms with Crippen molar-refractivity contribution in [1.82, 2.24) is 25.4 Å². The van der Waals surface area contributed by atoms with Gasteiger partial charge in [0.1, 0.15) is 12.4 Å². The lowest BCUT2D eigenvalue weighted by atomic mass is 10.2. The van der Waals surface area contributed by atoms with E-state index in [0.29, 0.717) is 25.2 Å². The van der Waals surface area contributed by atoms with E-state index in [1.165, 1.54) is 0 Å². The predicted octanol–water partition coefficient (Wildman–Crippen LogP) is -0.480. The average molecular weight is 255 g/mol. The second-order valence-electron chi connectivity index (χ2n) is 3.78. The number of carboxylic acid groups (broad SMARTS) is 1. The van der Waals surface area contributed by atoms with Crippen molar-refractivity contribution in [2.45, 2.75) is 25.8 Å². The molecule has 0 aromatic carbocycles. The van der Waals surface area contributed by atoms with Crippen molar-refractivity contribution < 1.29 is 14.7 Å². The lowest BCUT2D eigenvalue weighted by Gasteiger charge is -2.12. The number of urea groups is 1. The third-order valence-electron chi connectivity index (χ3n) is 2.29. The minimum atomic E-state index is -1.04. The Bertz CT molecular complexity index is 417. The van der Waals surface area contributed by atoms with Crippen molar-refractivity contribution in [1.29, 1.82) is 0 Å². The molecule has 1 heterocycles. The number of aryl methyl sites for hydroxylation is 1. The largest absolute Gasteiger partial charge is 0.480 e. The number of hydrogen-bond acceptors (Lipinski definition) is 4. The van der Waals surface area contributed by atoms with Crippen molar-refractivity contribution in [3.05, 3.63) is 12.2 Å². The number of nitrogens with one attached hydrogen (secondary N) is 2. The first-order valence-corrected chi connectivity index (χ1v) is 5.64. The molecule has 0 spiro atoms. The number of carboxylic acids is 1. The van der Waals surface area contributed by atoms with Gasteiger partial charge in [-0.3, -0.25) is 4.68 Å². The summed E-state index contributed by atoms with van der Waals surface area (Å²) in [5.41, 5.74) is 0. The van der Waals surface area contributed by atoms with E-state index in [1.807, 2.05) is 0 Å². The molecule has 3 N–H and O–H groups in total. The van der Waals surface area contributed by atoms with E-state index >= 15 is 0 Å². The number of hydrogen-bond donors (Lipinski definition) is 3. The maximum atomic E-state index is 11.4. The van der Waals surface area contributed by atoms with E-state index in [-0.39, 0.29) is 0 Å². The summed E-state index contributed by atoms with van der Waals surface area (Å²) in [5, 5.41) is 17.7. The summed E-state index contributed by atoms with van der Waals surface area (Å²) in [5.74, 6) is -0.415. The second kappa shape index (κ2) is 6.58. The molecule has 8 heteroatoms. The Morgan fingerprint density at radius 2 is 2.28 bits per heavy atom. The van der Waals surface area contributed by atoms with Crippen LogP contribution in [0.25, 0.3) is 0 Å². The highest BCUT2D eigenvalue weighted by Crippen LogP contribution is 1.91. The van der Waals surface area contributed by atoms with E-state index < -0.39 is 18.0 Å². The first kappa shape index (κ1) is 13.9. The van der Waals surface area contributed by atoms with Crippen LogP contribution in [-0.4, -0.2) is 44.5 Å². The number of rotatable bonds is 6. The number of aromatic nitrogens is 3. The molecule has 18 heavy (non-hydrogen) atoms. The van der Waals surface area contributed by atoms with Crippen LogP contribution in [0.4, 0.5) is 4.79 Å². The number of amides is 2. The Balaban J connectivity index is 2.26. The van der Waals surface area contributed by atoms with E-state index in [9.17, 15) is 9.59 Å². The van der Waals surface area contributed by atoms with Crippen LogP contribution in [-0.2, 0) is 18.3 Å². The van der Waals surface area contributed by atoms with E-state index in [0.717, 1.165) is 0 Å². The molecular formula is C10H17N5O3. The Labute approximate surface area is 104 Å². The number of carbonyl (C=O) groups is 2. The Hall–Kier alpha value is -2.12. The zero-order valence-electron chi connectivity index (χ0n) is 10.4. The van der Waals surface area contributed by atoms with E-state index in [2.05, 4.69) is 20.7 Å². The molecule has 0 saturated carbocycles. The van der Waals surface area contributed by atoms with Gasteiger partial charge in [-0.1, -0.05) is 6.92 Å². The van der Waals surface area contributed by atoms with Gasteiger partial charge >= 0.3 is 12.0 Å². The van der Waals surface area contributed by atoms with Crippen LogP contribution in [0.15, 0.2) is 6.33 Å². The van der Waals surface area contributed by atoms with Crippen molar-refractivity contribution >= 4 is 12.0 Å². The van der Waals surface area contributed by atoms with Crippen LogP contribution in [0.1, 0.15) is 19.2 Å². The normalized spacial score (nSPS) is 11.9. The molecule has 8 nitrogen and oxygen atoms in total.